The maximum absolute atomic E-state index is 13.0. The van der Waals surface area contributed by atoms with E-state index in [2.05, 4.69) is 0 Å². The first-order valence-electron chi connectivity index (χ1n) is 3.83. The lowest BCUT2D eigenvalue weighted by Gasteiger charge is -2.09. The number of hydrogen-bond donors (Lipinski definition) is 1. The summed E-state index contributed by atoms with van der Waals surface area (Å²) < 4.78 is 38.2. The van der Waals surface area contributed by atoms with Crippen LogP contribution in [-0.2, 0) is 0 Å². The molecule has 1 aromatic carbocycles. The largest absolute Gasteiger partial charge is 0.323 e. The number of nitrogens with two attached hydrogens (primary N) is 1. The fraction of sp³-hybridized carbons (Fsp3) is 0.222. The topological polar surface area (TPSA) is 49.8 Å². The summed E-state index contributed by atoms with van der Waals surface area (Å²) in [5.41, 5.74) is 5.18. The number of nitriles is 1. The van der Waals surface area contributed by atoms with Crippen molar-refractivity contribution in [1.29, 1.82) is 5.26 Å². The summed E-state index contributed by atoms with van der Waals surface area (Å²) in [4.78, 5) is 0. The quantitative estimate of drug-likeness (QED) is 0.742. The lowest BCUT2D eigenvalue weighted by molar-refractivity contribution is 0.485. The minimum absolute atomic E-state index is 0.151. The van der Waals surface area contributed by atoms with Gasteiger partial charge in [0.2, 0.25) is 0 Å². The van der Waals surface area contributed by atoms with Crippen molar-refractivity contribution in [3.8, 4) is 6.07 Å². The molecule has 0 aliphatic carbocycles. The fourth-order valence-electron chi connectivity index (χ4n) is 1.03. The van der Waals surface area contributed by atoms with Crippen molar-refractivity contribution in [1.82, 2.24) is 0 Å². The Morgan fingerprint density at radius 3 is 2.36 bits per heavy atom. The van der Waals surface area contributed by atoms with Crippen LogP contribution in [0.2, 0.25) is 0 Å². The third-order valence-electron chi connectivity index (χ3n) is 1.75. The monoisotopic (exact) mass is 200 g/mol. The van der Waals surface area contributed by atoms with E-state index in [1.807, 2.05) is 0 Å². The molecule has 14 heavy (non-hydrogen) atoms. The highest BCUT2D eigenvalue weighted by Gasteiger charge is 2.15. The van der Waals surface area contributed by atoms with Crippen molar-refractivity contribution in [3.63, 3.8) is 0 Å². The first-order valence-corrected chi connectivity index (χ1v) is 3.83. The molecule has 0 heterocycles. The van der Waals surface area contributed by atoms with Crippen molar-refractivity contribution in [2.45, 2.75) is 12.5 Å². The van der Waals surface area contributed by atoms with Gasteiger partial charge < -0.3 is 5.73 Å². The first kappa shape index (κ1) is 10.5. The van der Waals surface area contributed by atoms with E-state index in [0.29, 0.717) is 12.1 Å². The lowest BCUT2D eigenvalue weighted by atomic mass is 10.0. The summed E-state index contributed by atoms with van der Waals surface area (Å²) >= 11 is 0. The van der Waals surface area contributed by atoms with Crippen LogP contribution in [0.3, 0.4) is 0 Å². The van der Waals surface area contributed by atoms with Crippen LogP contribution in [0.15, 0.2) is 12.1 Å². The predicted octanol–water partition coefficient (Wildman–Crippen LogP) is 2.02. The Hall–Kier alpha value is -1.54. The second kappa shape index (κ2) is 4.11. The summed E-state index contributed by atoms with van der Waals surface area (Å²) in [5.74, 6) is -3.38. The number of benzene rings is 1. The molecule has 0 spiro atoms. The number of halogens is 3. The van der Waals surface area contributed by atoms with Gasteiger partial charge in [-0.2, -0.15) is 5.26 Å². The summed E-state index contributed by atoms with van der Waals surface area (Å²) in [7, 11) is 0. The van der Waals surface area contributed by atoms with Crippen molar-refractivity contribution in [2.75, 3.05) is 0 Å². The van der Waals surface area contributed by atoms with Gasteiger partial charge in [0.25, 0.3) is 0 Å². The zero-order chi connectivity index (χ0) is 10.7. The van der Waals surface area contributed by atoms with E-state index in [0.717, 1.165) is 0 Å². The molecule has 0 radical (unpaired) electrons. The summed E-state index contributed by atoms with van der Waals surface area (Å²) in [6, 6.07) is 1.88. The van der Waals surface area contributed by atoms with Gasteiger partial charge >= 0.3 is 0 Å². The molecule has 2 N–H and O–H groups in total. The minimum Gasteiger partial charge on any atom is -0.323 e. The molecule has 2 nitrogen and oxygen atoms in total. The molecular formula is C9H7F3N2. The van der Waals surface area contributed by atoms with Crippen molar-refractivity contribution >= 4 is 0 Å². The van der Waals surface area contributed by atoms with Crippen molar-refractivity contribution < 1.29 is 13.2 Å². The second-order valence-electron chi connectivity index (χ2n) is 2.76. The van der Waals surface area contributed by atoms with Crippen LogP contribution in [-0.4, -0.2) is 0 Å². The van der Waals surface area contributed by atoms with Crippen molar-refractivity contribution in [3.05, 3.63) is 35.1 Å². The Morgan fingerprint density at radius 1 is 1.21 bits per heavy atom. The smallest absolute Gasteiger partial charge is 0.161 e. The average molecular weight is 200 g/mol. The highest BCUT2D eigenvalue weighted by atomic mass is 19.2. The van der Waals surface area contributed by atoms with Gasteiger partial charge in [-0.05, 0) is 6.07 Å². The van der Waals surface area contributed by atoms with Gasteiger partial charge in [0.05, 0.1) is 12.5 Å². The molecule has 0 unspecified atom stereocenters. The fourth-order valence-corrected chi connectivity index (χ4v) is 1.03. The summed E-state index contributed by atoms with van der Waals surface area (Å²) in [6.45, 7) is 0. The van der Waals surface area contributed by atoms with E-state index in [1.54, 1.807) is 6.07 Å². The predicted molar refractivity (Wildman–Crippen MR) is 43.5 cm³/mol. The molecule has 74 valence electrons. The normalized spacial score (nSPS) is 12.2. The number of rotatable bonds is 2. The molecule has 0 aromatic heterocycles. The third-order valence-corrected chi connectivity index (χ3v) is 1.75. The lowest BCUT2D eigenvalue weighted by Crippen LogP contribution is -2.12. The van der Waals surface area contributed by atoms with Crippen LogP contribution in [0.5, 0.6) is 0 Å². The van der Waals surface area contributed by atoms with Gasteiger partial charge in [0.1, 0.15) is 5.82 Å². The molecule has 0 fully saturated rings. The Morgan fingerprint density at radius 2 is 1.79 bits per heavy atom. The van der Waals surface area contributed by atoms with Gasteiger partial charge in [-0.1, -0.05) is 0 Å². The van der Waals surface area contributed by atoms with Crippen LogP contribution >= 0.6 is 0 Å². The molecule has 0 amide bonds. The van der Waals surface area contributed by atoms with E-state index in [1.165, 1.54) is 0 Å². The molecule has 1 aromatic rings. The van der Waals surface area contributed by atoms with E-state index in [4.69, 9.17) is 11.0 Å². The highest BCUT2D eigenvalue weighted by molar-refractivity contribution is 5.23. The molecular weight excluding hydrogens is 193 g/mol. The average Bonchev–Trinajstić information content (AvgIpc) is 2.11. The van der Waals surface area contributed by atoms with Crippen LogP contribution in [0.1, 0.15) is 18.0 Å². The van der Waals surface area contributed by atoms with Crippen molar-refractivity contribution in [2.24, 2.45) is 5.73 Å². The first-order chi connectivity index (χ1) is 6.56. The van der Waals surface area contributed by atoms with Crippen LogP contribution in [0.25, 0.3) is 0 Å². The Balaban J connectivity index is 3.10. The van der Waals surface area contributed by atoms with Crippen LogP contribution in [0.4, 0.5) is 13.2 Å². The van der Waals surface area contributed by atoms with Gasteiger partial charge in [-0.25, -0.2) is 13.2 Å². The second-order valence-corrected chi connectivity index (χ2v) is 2.76. The molecule has 0 aliphatic heterocycles. The Kier molecular flexibility index (Phi) is 3.10. The Bertz CT molecular complexity index is 384. The molecule has 1 rings (SSSR count). The molecule has 0 saturated heterocycles. The van der Waals surface area contributed by atoms with E-state index in [9.17, 15) is 13.2 Å². The molecule has 0 aliphatic rings. The minimum atomic E-state index is -1.27. The standard InChI is InChI=1S/C9H7F3N2/c10-6-4-8(12)7(11)3-5(6)9(14)1-2-13/h3-4,9H,1,14H2/t9-/m1/s1. The van der Waals surface area contributed by atoms with Gasteiger partial charge in [0.15, 0.2) is 11.6 Å². The van der Waals surface area contributed by atoms with E-state index >= 15 is 0 Å². The van der Waals surface area contributed by atoms with Crippen LogP contribution in [0, 0.1) is 28.8 Å². The zero-order valence-corrected chi connectivity index (χ0v) is 7.10. The zero-order valence-electron chi connectivity index (χ0n) is 7.10. The molecule has 0 bridgehead atoms. The van der Waals surface area contributed by atoms with E-state index in [-0.39, 0.29) is 12.0 Å². The molecule has 5 heteroatoms. The van der Waals surface area contributed by atoms with Gasteiger partial charge in [-0.15, -0.1) is 0 Å². The van der Waals surface area contributed by atoms with Gasteiger partial charge in [-0.3, -0.25) is 0 Å². The Labute approximate surface area is 78.8 Å². The maximum atomic E-state index is 13.0. The van der Waals surface area contributed by atoms with Crippen LogP contribution < -0.4 is 5.73 Å². The highest BCUT2D eigenvalue weighted by Crippen LogP contribution is 2.20. The third kappa shape index (κ3) is 2.03. The number of nitrogens with zero attached hydrogens (tertiary/aromatic N) is 1. The van der Waals surface area contributed by atoms with Gasteiger partial charge in [0, 0.05) is 17.7 Å². The summed E-state index contributed by atoms with van der Waals surface area (Å²) in [5, 5.41) is 8.29. The SMILES string of the molecule is N#CC[C@@H](N)c1cc(F)c(F)cc1F. The van der Waals surface area contributed by atoms with E-state index < -0.39 is 23.5 Å². The maximum Gasteiger partial charge on any atom is 0.161 e. The summed E-state index contributed by atoms with van der Waals surface area (Å²) in [6.07, 6.45) is -0.151. The number of hydrogen-bond acceptors (Lipinski definition) is 2. The molecule has 1 atom stereocenters. The molecule has 0 saturated carbocycles.